The number of hydrogen-bond acceptors (Lipinski definition) is 3. The summed E-state index contributed by atoms with van der Waals surface area (Å²) in [5.74, 6) is -0.185. The maximum atomic E-state index is 12.5. The van der Waals surface area contributed by atoms with Crippen LogP contribution in [0, 0.1) is 6.92 Å². The van der Waals surface area contributed by atoms with Crippen molar-refractivity contribution in [2.75, 3.05) is 44.7 Å². The Hall–Kier alpha value is -1.59. The number of likely N-dealkylation sites (N-methyl/N-ethyl adjacent to an activating group) is 1. The number of aryl methyl sites for hydroxylation is 1. The largest absolute Gasteiger partial charge is 0.339 e. The summed E-state index contributed by atoms with van der Waals surface area (Å²) in [5, 5.41) is 0.555. The van der Waals surface area contributed by atoms with Crippen molar-refractivity contribution in [2.24, 2.45) is 0 Å². The number of carbonyl (C=O) groups is 2. The normalized spacial score (nSPS) is 15.7. The van der Waals surface area contributed by atoms with Crippen LogP contribution < -0.4 is 4.90 Å². The Labute approximate surface area is 136 Å². The number of halogens is 1. The molecule has 1 fully saturated rings. The van der Waals surface area contributed by atoms with Gasteiger partial charge in [0.1, 0.15) is 6.54 Å². The van der Waals surface area contributed by atoms with E-state index in [1.165, 1.54) is 11.8 Å². The van der Waals surface area contributed by atoms with E-state index in [0.717, 1.165) is 18.7 Å². The third kappa shape index (κ3) is 3.99. The van der Waals surface area contributed by atoms with Gasteiger partial charge in [-0.15, -0.1) is 0 Å². The molecular weight excluding hydrogens is 302 g/mol. The second kappa shape index (κ2) is 7.11. The lowest BCUT2D eigenvalue weighted by molar-refractivity contribution is -0.132. The zero-order valence-corrected chi connectivity index (χ0v) is 14.1. The number of anilines is 1. The fraction of sp³-hybridized carbons (Fsp3) is 0.500. The summed E-state index contributed by atoms with van der Waals surface area (Å²) in [6, 6.07) is 5.37. The quantitative estimate of drug-likeness (QED) is 0.851. The topological polar surface area (TPSA) is 43.9 Å². The average Bonchev–Trinajstić information content (AvgIpc) is 2.47. The SMILES string of the molecule is CC(=O)N(CC(=O)N1CCN(C)CC1)c1cc(Cl)ccc1C. The molecule has 0 spiro atoms. The first-order chi connectivity index (χ1) is 10.4. The van der Waals surface area contributed by atoms with Gasteiger partial charge in [-0.1, -0.05) is 17.7 Å². The van der Waals surface area contributed by atoms with Crippen LogP contribution in [0.4, 0.5) is 5.69 Å². The zero-order valence-electron chi connectivity index (χ0n) is 13.3. The fourth-order valence-corrected chi connectivity index (χ4v) is 2.70. The van der Waals surface area contributed by atoms with Crippen LogP contribution in [0.3, 0.4) is 0 Å². The van der Waals surface area contributed by atoms with Gasteiger partial charge in [0.15, 0.2) is 0 Å². The molecule has 0 bridgehead atoms. The number of rotatable bonds is 3. The molecule has 1 aliphatic rings. The van der Waals surface area contributed by atoms with Crippen LogP contribution in [-0.4, -0.2) is 61.4 Å². The van der Waals surface area contributed by atoms with Crippen LogP contribution in [0.2, 0.25) is 5.02 Å². The van der Waals surface area contributed by atoms with Crippen molar-refractivity contribution in [2.45, 2.75) is 13.8 Å². The van der Waals surface area contributed by atoms with Gasteiger partial charge >= 0.3 is 0 Å². The Kier molecular flexibility index (Phi) is 5.42. The molecule has 1 aromatic carbocycles. The van der Waals surface area contributed by atoms with Crippen LogP contribution in [0.15, 0.2) is 18.2 Å². The molecule has 0 radical (unpaired) electrons. The lowest BCUT2D eigenvalue weighted by Gasteiger charge is -2.34. The monoisotopic (exact) mass is 323 g/mol. The number of nitrogens with zero attached hydrogens (tertiary/aromatic N) is 3. The summed E-state index contributed by atoms with van der Waals surface area (Å²) >= 11 is 6.03. The van der Waals surface area contributed by atoms with Gasteiger partial charge in [0.05, 0.1) is 0 Å². The lowest BCUT2D eigenvalue weighted by Crippen LogP contribution is -2.50. The first-order valence-corrected chi connectivity index (χ1v) is 7.77. The van der Waals surface area contributed by atoms with Crippen molar-refractivity contribution in [1.29, 1.82) is 0 Å². The predicted octanol–water partition coefficient (Wildman–Crippen LogP) is 1.78. The average molecular weight is 324 g/mol. The number of amides is 2. The molecule has 0 N–H and O–H groups in total. The number of benzene rings is 1. The molecule has 0 atom stereocenters. The summed E-state index contributed by atoms with van der Waals surface area (Å²) in [5.41, 5.74) is 1.62. The molecule has 1 saturated heterocycles. The van der Waals surface area contributed by atoms with E-state index in [-0.39, 0.29) is 18.4 Å². The van der Waals surface area contributed by atoms with Gasteiger partial charge in [0.25, 0.3) is 0 Å². The van der Waals surface area contributed by atoms with E-state index in [4.69, 9.17) is 11.6 Å². The lowest BCUT2D eigenvalue weighted by atomic mass is 10.1. The van der Waals surface area contributed by atoms with Gasteiger partial charge in [0, 0.05) is 43.8 Å². The molecule has 6 heteroatoms. The highest BCUT2D eigenvalue weighted by Gasteiger charge is 2.24. The standard InChI is InChI=1S/C16H22ClN3O2/c1-12-4-5-14(17)10-15(12)20(13(2)21)11-16(22)19-8-6-18(3)7-9-19/h4-5,10H,6-9,11H2,1-3H3. The van der Waals surface area contributed by atoms with Crippen molar-refractivity contribution in [3.63, 3.8) is 0 Å². The predicted molar refractivity (Wildman–Crippen MR) is 88.3 cm³/mol. The van der Waals surface area contributed by atoms with E-state index >= 15 is 0 Å². The first kappa shape index (κ1) is 16.8. The number of carbonyl (C=O) groups excluding carboxylic acids is 2. The van der Waals surface area contributed by atoms with E-state index in [1.54, 1.807) is 12.1 Å². The van der Waals surface area contributed by atoms with Gasteiger partial charge in [-0.2, -0.15) is 0 Å². The van der Waals surface area contributed by atoms with Gasteiger partial charge in [0.2, 0.25) is 11.8 Å². The van der Waals surface area contributed by atoms with Gasteiger partial charge < -0.3 is 14.7 Å². The molecule has 22 heavy (non-hydrogen) atoms. The minimum Gasteiger partial charge on any atom is -0.339 e. The fourth-order valence-electron chi connectivity index (χ4n) is 2.53. The van der Waals surface area contributed by atoms with Gasteiger partial charge in [-0.3, -0.25) is 9.59 Å². The molecule has 0 saturated carbocycles. The zero-order chi connectivity index (χ0) is 16.3. The van der Waals surface area contributed by atoms with Crippen LogP contribution in [-0.2, 0) is 9.59 Å². The molecule has 1 aromatic rings. The van der Waals surface area contributed by atoms with Crippen molar-refractivity contribution in [3.05, 3.63) is 28.8 Å². The highest BCUT2D eigenvalue weighted by Crippen LogP contribution is 2.24. The van der Waals surface area contributed by atoms with Crippen molar-refractivity contribution < 1.29 is 9.59 Å². The van der Waals surface area contributed by atoms with Gasteiger partial charge in [-0.05, 0) is 31.7 Å². The summed E-state index contributed by atoms with van der Waals surface area (Å²) < 4.78 is 0. The summed E-state index contributed by atoms with van der Waals surface area (Å²) in [7, 11) is 2.04. The minimum absolute atomic E-state index is 0.0253. The maximum Gasteiger partial charge on any atom is 0.242 e. The number of piperazine rings is 1. The van der Waals surface area contributed by atoms with Crippen molar-refractivity contribution >= 4 is 29.1 Å². The molecule has 0 aliphatic carbocycles. The molecule has 5 nitrogen and oxygen atoms in total. The Bertz CT molecular complexity index is 569. The maximum absolute atomic E-state index is 12.5. The van der Waals surface area contributed by atoms with Crippen LogP contribution in [0.5, 0.6) is 0 Å². The Balaban J connectivity index is 2.14. The molecular formula is C16H22ClN3O2. The van der Waals surface area contributed by atoms with E-state index < -0.39 is 0 Å². The number of hydrogen-bond donors (Lipinski definition) is 0. The van der Waals surface area contributed by atoms with E-state index in [9.17, 15) is 9.59 Å². The van der Waals surface area contributed by atoms with Crippen molar-refractivity contribution in [1.82, 2.24) is 9.80 Å². The van der Waals surface area contributed by atoms with E-state index in [1.807, 2.05) is 24.9 Å². The molecule has 2 amide bonds. The van der Waals surface area contributed by atoms with Crippen LogP contribution in [0.25, 0.3) is 0 Å². The van der Waals surface area contributed by atoms with Gasteiger partial charge in [-0.25, -0.2) is 0 Å². The molecule has 2 rings (SSSR count). The molecule has 0 aromatic heterocycles. The van der Waals surface area contributed by atoms with E-state index in [2.05, 4.69) is 4.90 Å². The highest BCUT2D eigenvalue weighted by molar-refractivity contribution is 6.31. The summed E-state index contributed by atoms with van der Waals surface area (Å²) in [4.78, 5) is 30.0. The third-order valence-corrected chi connectivity index (χ3v) is 4.23. The second-order valence-electron chi connectivity index (χ2n) is 5.72. The summed E-state index contributed by atoms with van der Waals surface area (Å²) in [6.07, 6.45) is 0. The Morgan fingerprint density at radius 2 is 1.86 bits per heavy atom. The van der Waals surface area contributed by atoms with Crippen molar-refractivity contribution in [3.8, 4) is 0 Å². The first-order valence-electron chi connectivity index (χ1n) is 7.39. The molecule has 120 valence electrons. The molecule has 1 aliphatic heterocycles. The van der Waals surface area contributed by atoms with E-state index in [0.29, 0.717) is 23.8 Å². The molecule has 0 unspecified atom stereocenters. The third-order valence-electron chi connectivity index (χ3n) is 3.99. The minimum atomic E-state index is -0.159. The Morgan fingerprint density at radius 1 is 1.23 bits per heavy atom. The Morgan fingerprint density at radius 3 is 2.45 bits per heavy atom. The smallest absolute Gasteiger partial charge is 0.242 e. The summed E-state index contributed by atoms with van der Waals surface area (Å²) in [6.45, 7) is 6.56. The molecule has 1 heterocycles. The van der Waals surface area contributed by atoms with Crippen LogP contribution >= 0.6 is 11.6 Å². The second-order valence-corrected chi connectivity index (χ2v) is 6.16. The van der Waals surface area contributed by atoms with Crippen LogP contribution in [0.1, 0.15) is 12.5 Å². The highest BCUT2D eigenvalue weighted by atomic mass is 35.5.